The number of carbonyl (C=O) groups is 1. The normalized spacial score (nSPS) is 12.8. The lowest BCUT2D eigenvalue weighted by Crippen LogP contribution is -2.47. The van der Waals surface area contributed by atoms with E-state index in [2.05, 4.69) is 5.32 Å². The highest BCUT2D eigenvalue weighted by molar-refractivity contribution is 7.92. The Hall–Kier alpha value is -1.77. The summed E-state index contributed by atoms with van der Waals surface area (Å²) in [5.74, 6) is -0.611. The third-order valence-electron chi connectivity index (χ3n) is 2.66. The lowest BCUT2D eigenvalue weighted by Gasteiger charge is -2.26. The Morgan fingerprint density at radius 1 is 1.22 bits per heavy atom. The third kappa shape index (κ3) is 6.09. The second kappa shape index (κ2) is 6.38. The molecule has 130 valence electrons. The summed E-state index contributed by atoms with van der Waals surface area (Å²) in [6.45, 7) is 4.53. The minimum Gasteiger partial charge on any atom is -0.350 e. The fourth-order valence-electron chi connectivity index (χ4n) is 1.83. The highest BCUT2D eigenvalue weighted by Crippen LogP contribution is 2.32. The number of rotatable bonds is 4. The maximum atomic E-state index is 12.8. The van der Waals surface area contributed by atoms with E-state index in [-0.39, 0.29) is 5.69 Å². The molecule has 1 aromatic carbocycles. The molecule has 0 radical (unpaired) electrons. The minimum absolute atomic E-state index is 0.216. The lowest BCUT2D eigenvalue weighted by atomic mass is 10.1. The maximum absolute atomic E-state index is 12.8. The largest absolute Gasteiger partial charge is 0.416 e. The number of alkyl halides is 3. The summed E-state index contributed by atoms with van der Waals surface area (Å²) in [5, 5.41) is 2.57. The highest BCUT2D eigenvalue weighted by Gasteiger charge is 2.32. The van der Waals surface area contributed by atoms with E-state index in [4.69, 9.17) is 0 Å². The molecule has 0 aliphatic heterocycles. The van der Waals surface area contributed by atoms with Crippen molar-refractivity contribution in [2.45, 2.75) is 32.5 Å². The number of carbonyl (C=O) groups excluding carboxylic acids is 1. The summed E-state index contributed by atoms with van der Waals surface area (Å²) in [7, 11) is -3.93. The second-order valence-electron chi connectivity index (χ2n) is 6.12. The molecule has 5 nitrogen and oxygen atoms in total. The first-order valence-corrected chi connectivity index (χ1v) is 8.51. The number of nitrogens with one attached hydrogen (secondary N) is 1. The average Bonchev–Trinajstić information content (AvgIpc) is 2.31. The van der Waals surface area contributed by atoms with Crippen LogP contribution in [0.25, 0.3) is 0 Å². The molecule has 0 atom stereocenters. The van der Waals surface area contributed by atoms with Crippen LogP contribution in [0.2, 0.25) is 0 Å². The molecule has 0 aliphatic rings. The van der Waals surface area contributed by atoms with Gasteiger partial charge >= 0.3 is 6.18 Å². The summed E-state index contributed by atoms with van der Waals surface area (Å²) >= 11 is 0. The molecule has 0 aliphatic carbocycles. The van der Waals surface area contributed by atoms with E-state index in [0.29, 0.717) is 10.4 Å². The molecule has 0 bridgehead atoms. The summed E-state index contributed by atoms with van der Waals surface area (Å²) in [5.41, 5.74) is -1.79. The van der Waals surface area contributed by atoms with Crippen LogP contribution in [0.5, 0.6) is 0 Å². The SMILES string of the molecule is CC(C)(C)NC(=O)CN(c1cccc(C(F)(F)F)c1)S(C)(=O)=O. The molecule has 9 heteroatoms. The van der Waals surface area contributed by atoms with Crippen molar-refractivity contribution in [1.82, 2.24) is 5.32 Å². The number of sulfonamides is 1. The quantitative estimate of drug-likeness (QED) is 0.905. The number of hydrogen-bond donors (Lipinski definition) is 1. The Morgan fingerprint density at radius 2 is 1.78 bits per heavy atom. The molecule has 0 aromatic heterocycles. The van der Waals surface area contributed by atoms with Crippen LogP contribution in [0.3, 0.4) is 0 Å². The van der Waals surface area contributed by atoms with E-state index in [0.717, 1.165) is 18.4 Å². The topological polar surface area (TPSA) is 66.5 Å². The fourth-order valence-corrected chi connectivity index (χ4v) is 2.67. The zero-order valence-electron chi connectivity index (χ0n) is 13.2. The Labute approximate surface area is 133 Å². The van der Waals surface area contributed by atoms with E-state index in [1.165, 1.54) is 6.07 Å². The van der Waals surface area contributed by atoms with Crippen molar-refractivity contribution >= 4 is 21.6 Å². The van der Waals surface area contributed by atoms with Crippen LogP contribution in [0, 0.1) is 0 Å². The van der Waals surface area contributed by atoms with Crippen LogP contribution in [0.4, 0.5) is 18.9 Å². The molecule has 0 unspecified atom stereocenters. The summed E-state index contributed by atoms with van der Waals surface area (Å²) in [6.07, 6.45) is -3.77. The predicted octanol–water partition coefficient (Wildman–Crippen LogP) is 2.39. The number of nitrogens with zero attached hydrogens (tertiary/aromatic N) is 1. The molecular formula is C14H19F3N2O3S. The van der Waals surface area contributed by atoms with Gasteiger partial charge in [0.25, 0.3) is 0 Å². The average molecular weight is 352 g/mol. The standard InChI is InChI=1S/C14H19F3N2O3S/c1-13(2,3)18-12(20)9-19(23(4,21)22)11-7-5-6-10(8-11)14(15,16)17/h5-8H,9H2,1-4H3,(H,18,20). The molecule has 0 spiro atoms. The first kappa shape index (κ1) is 19.3. The van der Waals surface area contributed by atoms with Crippen molar-refractivity contribution in [3.05, 3.63) is 29.8 Å². The Morgan fingerprint density at radius 3 is 2.22 bits per heavy atom. The molecule has 1 rings (SSSR count). The number of halogens is 3. The van der Waals surface area contributed by atoms with Crippen LogP contribution >= 0.6 is 0 Å². The van der Waals surface area contributed by atoms with Gasteiger partial charge in [-0.1, -0.05) is 6.07 Å². The highest BCUT2D eigenvalue weighted by atomic mass is 32.2. The van der Waals surface area contributed by atoms with Gasteiger partial charge in [-0.15, -0.1) is 0 Å². The molecule has 0 saturated carbocycles. The molecule has 23 heavy (non-hydrogen) atoms. The smallest absolute Gasteiger partial charge is 0.350 e. The van der Waals surface area contributed by atoms with Crippen molar-refractivity contribution in [3.8, 4) is 0 Å². The van der Waals surface area contributed by atoms with Crippen molar-refractivity contribution < 1.29 is 26.4 Å². The van der Waals surface area contributed by atoms with Crippen LogP contribution in [-0.4, -0.2) is 32.7 Å². The number of benzene rings is 1. The van der Waals surface area contributed by atoms with Gasteiger partial charge in [-0.2, -0.15) is 13.2 Å². The van der Waals surface area contributed by atoms with Crippen molar-refractivity contribution in [3.63, 3.8) is 0 Å². The van der Waals surface area contributed by atoms with Gasteiger partial charge in [-0.25, -0.2) is 8.42 Å². The van der Waals surface area contributed by atoms with Crippen molar-refractivity contribution in [2.75, 3.05) is 17.1 Å². The zero-order valence-corrected chi connectivity index (χ0v) is 14.0. The molecule has 0 saturated heterocycles. The van der Waals surface area contributed by atoms with Crippen LogP contribution in [-0.2, 0) is 21.0 Å². The van der Waals surface area contributed by atoms with Crippen molar-refractivity contribution in [1.29, 1.82) is 0 Å². The zero-order chi connectivity index (χ0) is 18.1. The van der Waals surface area contributed by atoms with E-state index < -0.39 is 39.8 Å². The van der Waals surface area contributed by atoms with Gasteiger partial charge in [0.1, 0.15) is 6.54 Å². The van der Waals surface area contributed by atoms with Crippen molar-refractivity contribution in [2.24, 2.45) is 0 Å². The summed E-state index contributed by atoms with van der Waals surface area (Å²) < 4.78 is 62.7. The van der Waals surface area contributed by atoms with Gasteiger partial charge in [0.2, 0.25) is 15.9 Å². The van der Waals surface area contributed by atoms with Crippen LogP contribution < -0.4 is 9.62 Å². The molecule has 1 aromatic rings. The second-order valence-corrected chi connectivity index (χ2v) is 8.02. The first-order chi connectivity index (χ1) is 10.2. The number of amides is 1. The van der Waals surface area contributed by atoms with Gasteiger partial charge in [0, 0.05) is 5.54 Å². The fraction of sp³-hybridized carbons (Fsp3) is 0.500. The Balaban J connectivity index is 3.17. The molecule has 0 heterocycles. The van der Waals surface area contributed by atoms with Gasteiger partial charge < -0.3 is 5.32 Å². The van der Waals surface area contributed by atoms with Crippen LogP contribution in [0.15, 0.2) is 24.3 Å². The van der Waals surface area contributed by atoms with Gasteiger partial charge in [0.15, 0.2) is 0 Å². The number of hydrogen-bond acceptors (Lipinski definition) is 3. The molecule has 1 N–H and O–H groups in total. The molecule has 0 fully saturated rings. The summed E-state index contributed by atoms with van der Waals surface area (Å²) in [4.78, 5) is 11.9. The summed E-state index contributed by atoms with van der Waals surface area (Å²) in [6, 6.07) is 3.84. The van der Waals surface area contributed by atoms with E-state index in [1.807, 2.05) is 0 Å². The van der Waals surface area contributed by atoms with E-state index >= 15 is 0 Å². The Kier molecular flexibility index (Phi) is 5.35. The number of anilines is 1. The minimum atomic E-state index is -4.60. The van der Waals surface area contributed by atoms with Gasteiger partial charge in [-0.05, 0) is 39.0 Å². The lowest BCUT2D eigenvalue weighted by molar-refractivity contribution is -0.137. The van der Waals surface area contributed by atoms with E-state index in [1.54, 1.807) is 20.8 Å². The maximum Gasteiger partial charge on any atom is 0.416 e. The molecular weight excluding hydrogens is 333 g/mol. The van der Waals surface area contributed by atoms with Crippen LogP contribution in [0.1, 0.15) is 26.3 Å². The Bertz CT molecular complexity index is 679. The third-order valence-corrected chi connectivity index (χ3v) is 3.80. The van der Waals surface area contributed by atoms with Gasteiger partial charge in [0.05, 0.1) is 17.5 Å². The monoisotopic (exact) mass is 352 g/mol. The first-order valence-electron chi connectivity index (χ1n) is 6.66. The van der Waals surface area contributed by atoms with Gasteiger partial charge in [-0.3, -0.25) is 9.10 Å². The predicted molar refractivity (Wildman–Crippen MR) is 81.5 cm³/mol. The molecule has 1 amide bonds. The van der Waals surface area contributed by atoms with E-state index in [9.17, 15) is 26.4 Å².